The number of anilines is 1. The number of methoxy groups -OCH3 is 1. The molecule has 2 aliphatic rings. The Balaban J connectivity index is 1.88. The van der Waals surface area contributed by atoms with E-state index >= 15 is 0 Å². The molecule has 0 amide bonds. The van der Waals surface area contributed by atoms with Gasteiger partial charge in [0.1, 0.15) is 11.3 Å². The number of benzene rings is 1. The van der Waals surface area contributed by atoms with Crippen LogP contribution in [-0.2, 0) is 4.74 Å². The highest BCUT2D eigenvalue weighted by atomic mass is 16.5. The Hall–Kier alpha value is -1.75. The minimum absolute atomic E-state index is 0.288. The minimum Gasteiger partial charge on any atom is -0.494 e. The third-order valence-corrected chi connectivity index (χ3v) is 4.34. The third-order valence-electron chi connectivity index (χ3n) is 4.34. The lowest BCUT2D eigenvalue weighted by molar-refractivity contribution is 0.0945. The molecular formula is C14H17N3O2. The van der Waals surface area contributed by atoms with Crippen molar-refractivity contribution in [3.8, 4) is 5.75 Å². The van der Waals surface area contributed by atoms with Gasteiger partial charge in [0.25, 0.3) is 0 Å². The van der Waals surface area contributed by atoms with Gasteiger partial charge in [-0.25, -0.2) is 4.98 Å². The molecule has 2 aliphatic heterocycles. The van der Waals surface area contributed by atoms with Crippen molar-refractivity contribution >= 4 is 17.0 Å². The Morgan fingerprint density at radius 2 is 2.32 bits per heavy atom. The topological polar surface area (TPSA) is 62.3 Å². The molecule has 0 aliphatic carbocycles. The average molecular weight is 259 g/mol. The fourth-order valence-electron chi connectivity index (χ4n) is 3.51. The highest BCUT2D eigenvalue weighted by molar-refractivity contribution is 5.84. The predicted octanol–water partition coefficient (Wildman–Crippen LogP) is 2.12. The number of ether oxygens (including phenoxy) is 2. The van der Waals surface area contributed by atoms with Crippen LogP contribution in [0.4, 0.5) is 5.95 Å². The van der Waals surface area contributed by atoms with Crippen LogP contribution >= 0.6 is 0 Å². The van der Waals surface area contributed by atoms with Crippen LogP contribution in [0.1, 0.15) is 25.3 Å². The number of hydrogen-bond acceptors (Lipinski definition) is 4. The molecule has 1 aromatic carbocycles. The Kier molecular flexibility index (Phi) is 2.26. The molecule has 2 saturated heterocycles. The molecule has 0 radical (unpaired) electrons. The van der Waals surface area contributed by atoms with Gasteiger partial charge in [0.15, 0.2) is 0 Å². The number of fused-ring (bicyclic) bond motifs is 3. The summed E-state index contributed by atoms with van der Waals surface area (Å²) in [5.41, 5.74) is 8.01. The maximum atomic E-state index is 6.13. The van der Waals surface area contributed by atoms with Gasteiger partial charge in [-0.15, -0.1) is 0 Å². The summed E-state index contributed by atoms with van der Waals surface area (Å²) in [6, 6.07) is 6.26. The van der Waals surface area contributed by atoms with E-state index in [0.717, 1.165) is 29.6 Å². The van der Waals surface area contributed by atoms with E-state index in [0.29, 0.717) is 18.1 Å². The molecule has 3 heterocycles. The fraction of sp³-hybridized carbons (Fsp3) is 0.500. The first-order valence-electron chi connectivity index (χ1n) is 6.74. The normalized spacial score (nSPS) is 29.2. The molecule has 5 heteroatoms. The Bertz CT molecular complexity index is 637. The first kappa shape index (κ1) is 11.1. The van der Waals surface area contributed by atoms with Gasteiger partial charge in [-0.3, -0.25) is 0 Å². The van der Waals surface area contributed by atoms with Crippen LogP contribution < -0.4 is 10.5 Å². The number of hydrogen-bond donors (Lipinski definition) is 1. The molecule has 4 rings (SSSR count). The monoisotopic (exact) mass is 259 g/mol. The number of nitrogens with zero attached hydrogens (tertiary/aromatic N) is 2. The zero-order chi connectivity index (χ0) is 13.0. The number of imidazole rings is 1. The van der Waals surface area contributed by atoms with Crippen molar-refractivity contribution in [2.45, 2.75) is 37.5 Å². The number of aromatic nitrogens is 2. The summed E-state index contributed by atoms with van der Waals surface area (Å²) in [7, 11) is 1.66. The number of nitrogens with two attached hydrogens (primary N) is 1. The van der Waals surface area contributed by atoms with Crippen LogP contribution in [0.25, 0.3) is 11.0 Å². The summed E-state index contributed by atoms with van der Waals surface area (Å²) >= 11 is 0. The van der Waals surface area contributed by atoms with E-state index in [-0.39, 0.29) is 6.10 Å². The summed E-state index contributed by atoms with van der Waals surface area (Å²) in [4.78, 5) is 4.47. The molecule has 2 N–H and O–H groups in total. The van der Waals surface area contributed by atoms with E-state index in [9.17, 15) is 0 Å². The van der Waals surface area contributed by atoms with Crippen molar-refractivity contribution < 1.29 is 9.47 Å². The second kappa shape index (κ2) is 3.87. The van der Waals surface area contributed by atoms with E-state index in [1.165, 1.54) is 6.42 Å². The number of para-hydroxylation sites is 1. The molecule has 1 aromatic heterocycles. The van der Waals surface area contributed by atoms with Crippen LogP contribution in [0.3, 0.4) is 0 Å². The molecule has 5 nitrogen and oxygen atoms in total. The van der Waals surface area contributed by atoms with Crippen LogP contribution in [0.2, 0.25) is 0 Å². The van der Waals surface area contributed by atoms with Gasteiger partial charge < -0.3 is 19.8 Å². The van der Waals surface area contributed by atoms with E-state index in [1.807, 2.05) is 18.2 Å². The zero-order valence-electron chi connectivity index (χ0n) is 10.9. The molecular weight excluding hydrogens is 242 g/mol. The minimum atomic E-state index is 0.288. The van der Waals surface area contributed by atoms with Gasteiger partial charge in [-0.05, 0) is 31.4 Å². The molecule has 19 heavy (non-hydrogen) atoms. The van der Waals surface area contributed by atoms with Crippen molar-refractivity contribution in [1.82, 2.24) is 9.55 Å². The second-order valence-electron chi connectivity index (χ2n) is 5.34. The molecule has 2 aromatic rings. The van der Waals surface area contributed by atoms with Crippen molar-refractivity contribution in [3.05, 3.63) is 18.2 Å². The lowest BCUT2D eigenvalue weighted by Gasteiger charge is -2.22. The standard InChI is InChI=1S/C14H17N3O2/c1-18-12-4-2-3-9-13(12)16-14(15)17(9)10-7-8-5-6-11(10)19-8/h2-4,8,10-11H,5-7H2,1H3,(H2,15,16). The summed E-state index contributed by atoms with van der Waals surface area (Å²) in [5, 5.41) is 0. The van der Waals surface area contributed by atoms with Crippen LogP contribution in [0.5, 0.6) is 5.75 Å². The summed E-state index contributed by atoms with van der Waals surface area (Å²) in [6.07, 6.45) is 4.03. The van der Waals surface area contributed by atoms with Gasteiger partial charge >= 0.3 is 0 Å². The Morgan fingerprint density at radius 1 is 1.42 bits per heavy atom. The molecule has 0 saturated carbocycles. The highest BCUT2D eigenvalue weighted by Crippen LogP contribution is 2.44. The highest BCUT2D eigenvalue weighted by Gasteiger charge is 2.42. The Morgan fingerprint density at radius 3 is 3.00 bits per heavy atom. The van der Waals surface area contributed by atoms with Gasteiger partial charge in [-0.2, -0.15) is 0 Å². The summed E-state index contributed by atoms with van der Waals surface area (Å²) in [5.74, 6) is 1.33. The van der Waals surface area contributed by atoms with Crippen molar-refractivity contribution in [1.29, 1.82) is 0 Å². The molecule has 2 fully saturated rings. The molecule has 2 bridgehead atoms. The van der Waals surface area contributed by atoms with Crippen molar-refractivity contribution in [3.63, 3.8) is 0 Å². The van der Waals surface area contributed by atoms with E-state index in [4.69, 9.17) is 15.2 Å². The van der Waals surface area contributed by atoms with Gasteiger partial charge in [0, 0.05) is 0 Å². The van der Waals surface area contributed by atoms with Crippen LogP contribution in [-0.4, -0.2) is 28.9 Å². The first-order valence-corrected chi connectivity index (χ1v) is 6.74. The van der Waals surface area contributed by atoms with Crippen molar-refractivity contribution in [2.75, 3.05) is 12.8 Å². The molecule has 0 spiro atoms. The van der Waals surface area contributed by atoms with Gasteiger partial charge in [0.05, 0.1) is 30.9 Å². The van der Waals surface area contributed by atoms with Crippen LogP contribution in [0.15, 0.2) is 18.2 Å². The van der Waals surface area contributed by atoms with Gasteiger partial charge in [0.2, 0.25) is 5.95 Å². The molecule has 3 atom stereocenters. The van der Waals surface area contributed by atoms with Crippen molar-refractivity contribution in [2.24, 2.45) is 0 Å². The quantitative estimate of drug-likeness (QED) is 0.897. The molecule has 3 unspecified atom stereocenters. The largest absolute Gasteiger partial charge is 0.494 e. The second-order valence-corrected chi connectivity index (χ2v) is 5.34. The predicted molar refractivity (Wildman–Crippen MR) is 72.2 cm³/mol. The summed E-state index contributed by atoms with van der Waals surface area (Å²) < 4.78 is 13.4. The first-order chi connectivity index (χ1) is 9.28. The number of rotatable bonds is 2. The molecule has 100 valence electrons. The maximum Gasteiger partial charge on any atom is 0.201 e. The average Bonchev–Trinajstić information content (AvgIpc) is 3.09. The lowest BCUT2D eigenvalue weighted by atomic mass is 9.95. The third kappa shape index (κ3) is 1.48. The van der Waals surface area contributed by atoms with E-state index in [2.05, 4.69) is 9.55 Å². The lowest BCUT2D eigenvalue weighted by Crippen LogP contribution is -2.22. The summed E-state index contributed by atoms with van der Waals surface area (Å²) in [6.45, 7) is 0. The van der Waals surface area contributed by atoms with Gasteiger partial charge in [-0.1, -0.05) is 6.07 Å². The Labute approximate surface area is 111 Å². The van der Waals surface area contributed by atoms with E-state index in [1.54, 1.807) is 7.11 Å². The van der Waals surface area contributed by atoms with E-state index < -0.39 is 0 Å². The zero-order valence-corrected chi connectivity index (χ0v) is 10.9. The smallest absolute Gasteiger partial charge is 0.201 e. The SMILES string of the molecule is COc1cccc2c1nc(N)n2C1CC2CCC1O2. The van der Waals surface area contributed by atoms with Crippen LogP contribution in [0, 0.1) is 0 Å². The fourth-order valence-corrected chi connectivity index (χ4v) is 3.51. The maximum absolute atomic E-state index is 6.13. The number of nitrogen functional groups attached to an aromatic ring is 1.